The third-order valence-corrected chi connectivity index (χ3v) is 3.15. The summed E-state index contributed by atoms with van der Waals surface area (Å²) in [7, 11) is 0. The Labute approximate surface area is 147 Å². The lowest BCUT2D eigenvalue weighted by Gasteiger charge is -2.07. The number of nitrogen functional groups attached to an aromatic ring is 2. The van der Waals surface area contributed by atoms with E-state index in [9.17, 15) is 9.59 Å². The van der Waals surface area contributed by atoms with E-state index in [0.717, 1.165) is 5.56 Å². The second kappa shape index (κ2) is 7.93. The maximum absolute atomic E-state index is 12.0. The molecule has 0 unspecified atom stereocenters. The molecule has 11 heteroatoms. The average molecular weight is 363 g/mol. The summed E-state index contributed by atoms with van der Waals surface area (Å²) in [5.41, 5.74) is 17.1. The monoisotopic (exact) mass is 362 g/mol. The van der Waals surface area contributed by atoms with Crippen LogP contribution in [0.2, 0.25) is 5.15 Å². The van der Waals surface area contributed by atoms with Gasteiger partial charge in [0.2, 0.25) is 5.96 Å². The van der Waals surface area contributed by atoms with Gasteiger partial charge in [-0.25, -0.2) is 14.8 Å². The molecule has 10 nitrogen and oxygen atoms in total. The molecular formula is C14H15ClN8O2. The Bertz CT molecular complexity index is 825. The lowest BCUT2D eigenvalue weighted by Crippen LogP contribution is -2.39. The highest BCUT2D eigenvalue weighted by Crippen LogP contribution is 2.17. The number of carbonyl (C=O) groups is 2. The number of amides is 3. The molecule has 0 spiro atoms. The highest BCUT2D eigenvalue weighted by atomic mass is 35.5. The highest BCUT2D eigenvalue weighted by Gasteiger charge is 2.17. The molecule has 0 fully saturated rings. The Kier molecular flexibility index (Phi) is 5.69. The molecule has 1 aromatic carbocycles. The lowest BCUT2D eigenvalue weighted by molar-refractivity contribution is 0.0972. The summed E-state index contributed by atoms with van der Waals surface area (Å²) in [4.78, 5) is 34.6. The number of aromatic nitrogens is 2. The maximum atomic E-state index is 12.0. The van der Waals surface area contributed by atoms with Crippen molar-refractivity contribution in [3.8, 4) is 0 Å². The van der Waals surface area contributed by atoms with E-state index in [1.54, 1.807) is 0 Å². The molecule has 3 amide bonds. The Morgan fingerprint density at radius 2 is 1.80 bits per heavy atom. The molecule has 8 N–H and O–H groups in total. The van der Waals surface area contributed by atoms with Crippen LogP contribution in [0.25, 0.3) is 0 Å². The van der Waals surface area contributed by atoms with Gasteiger partial charge in [-0.3, -0.25) is 10.1 Å². The molecule has 0 saturated heterocycles. The second-order valence-corrected chi connectivity index (χ2v) is 5.09. The number of benzene rings is 1. The van der Waals surface area contributed by atoms with E-state index >= 15 is 0 Å². The molecule has 0 radical (unpaired) electrons. The predicted molar refractivity (Wildman–Crippen MR) is 93.6 cm³/mol. The van der Waals surface area contributed by atoms with E-state index in [-0.39, 0.29) is 29.0 Å². The van der Waals surface area contributed by atoms with Gasteiger partial charge in [0.05, 0.1) is 0 Å². The van der Waals surface area contributed by atoms with E-state index in [1.165, 1.54) is 0 Å². The van der Waals surface area contributed by atoms with Gasteiger partial charge in [0.25, 0.3) is 5.91 Å². The minimum absolute atomic E-state index is 0.113. The molecule has 25 heavy (non-hydrogen) atoms. The van der Waals surface area contributed by atoms with Gasteiger partial charge in [0.15, 0.2) is 22.5 Å². The number of urea groups is 1. The second-order valence-electron chi connectivity index (χ2n) is 4.73. The standard InChI is InChI=1S/C14H15ClN8O2/c15-9-11(17)21-10(16)8(20-9)12(24)22-13(18)23-14(25)19-6-7-4-2-1-3-5-7/h1-5H,6H2,(H4,16,17,21)(H4,18,19,22,23,24,25). The van der Waals surface area contributed by atoms with Crippen molar-refractivity contribution in [3.63, 3.8) is 0 Å². The van der Waals surface area contributed by atoms with Gasteiger partial charge < -0.3 is 22.5 Å². The van der Waals surface area contributed by atoms with Crippen LogP contribution in [-0.2, 0) is 6.54 Å². The molecule has 1 heterocycles. The molecular weight excluding hydrogens is 348 g/mol. The number of halogens is 1. The third kappa shape index (κ3) is 5.04. The number of hydrogen-bond donors (Lipinski definition) is 5. The molecule has 130 valence electrons. The fraction of sp³-hybridized carbons (Fsp3) is 0.0714. The molecule has 0 aliphatic rings. The Morgan fingerprint density at radius 1 is 1.12 bits per heavy atom. The van der Waals surface area contributed by atoms with Crippen LogP contribution in [0.3, 0.4) is 0 Å². The van der Waals surface area contributed by atoms with Crippen molar-refractivity contribution in [2.24, 2.45) is 10.7 Å². The number of nitrogens with zero attached hydrogens (tertiary/aromatic N) is 3. The quantitative estimate of drug-likeness (QED) is 0.384. The summed E-state index contributed by atoms with van der Waals surface area (Å²) in [5.74, 6) is -1.62. The zero-order valence-corrected chi connectivity index (χ0v) is 13.6. The summed E-state index contributed by atoms with van der Waals surface area (Å²) in [6.45, 7) is 0.260. The van der Waals surface area contributed by atoms with Crippen molar-refractivity contribution in [1.82, 2.24) is 20.6 Å². The van der Waals surface area contributed by atoms with Gasteiger partial charge >= 0.3 is 6.03 Å². The number of nitrogens with one attached hydrogen (secondary N) is 2. The Hall–Kier alpha value is -3.40. The summed E-state index contributed by atoms with van der Waals surface area (Å²) in [6, 6.07) is 8.47. The zero-order valence-electron chi connectivity index (χ0n) is 12.9. The van der Waals surface area contributed by atoms with Crippen molar-refractivity contribution in [2.75, 3.05) is 11.5 Å². The molecule has 0 saturated carbocycles. The van der Waals surface area contributed by atoms with E-state index in [2.05, 4.69) is 25.6 Å². The molecule has 0 atom stereocenters. The molecule has 0 aliphatic heterocycles. The molecule has 1 aromatic heterocycles. The molecule has 0 aliphatic carbocycles. The van der Waals surface area contributed by atoms with Crippen LogP contribution in [0.5, 0.6) is 0 Å². The largest absolute Gasteiger partial charge is 0.382 e. The van der Waals surface area contributed by atoms with Crippen LogP contribution < -0.4 is 27.8 Å². The van der Waals surface area contributed by atoms with Gasteiger partial charge in [-0.2, -0.15) is 4.99 Å². The first-order valence-corrected chi connectivity index (χ1v) is 7.30. The first kappa shape index (κ1) is 17.9. The summed E-state index contributed by atoms with van der Waals surface area (Å²) >= 11 is 5.69. The van der Waals surface area contributed by atoms with Crippen LogP contribution in [-0.4, -0.2) is 27.9 Å². The Morgan fingerprint density at radius 3 is 2.48 bits per heavy atom. The zero-order chi connectivity index (χ0) is 18.4. The van der Waals surface area contributed by atoms with Crippen molar-refractivity contribution < 1.29 is 9.59 Å². The Balaban J connectivity index is 1.97. The third-order valence-electron chi connectivity index (χ3n) is 2.87. The topological polar surface area (TPSA) is 174 Å². The first-order chi connectivity index (χ1) is 11.9. The molecule has 2 aromatic rings. The van der Waals surface area contributed by atoms with Gasteiger partial charge in [0.1, 0.15) is 0 Å². The normalized spacial score (nSPS) is 11.0. The van der Waals surface area contributed by atoms with Crippen LogP contribution in [0.4, 0.5) is 16.4 Å². The number of anilines is 2. The van der Waals surface area contributed by atoms with E-state index in [4.69, 9.17) is 28.8 Å². The molecule has 2 rings (SSSR count). The maximum Gasteiger partial charge on any atom is 0.344 e. The number of guanidine groups is 1. The fourth-order valence-electron chi connectivity index (χ4n) is 1.73. The average Bonchev–Trinajstić information content (AvgIpc) is 2.57. The highest BCUT2D eigenvalue weighted by molar-refractivity contribution is 6.31. The smallest absolute Gasteiger partial charge is 0.344 e. The SMILES string of the molecule is NC(=NC(=O)NCc1ccccc1)NC(=O)c1nc(Cl)c(N)nc1N. The van der Waals surface area contributed by atoms with Gasteiger partial charge in [-0.1, -0.05) is 41.9 Å². The van der Waals surface area contributed by atoms with Crippen LogP contribution >= 0.6 is 11.6 Å². The predicted octanol–water partition coefficient (Wildman–Crippen LogP) is 0.249. The van der Waals surface area contributed by atoms with Crippen molar-refractivity contribution >= 4 is 41.1 Å². The van der Waals surface area contributed by atoms with Crippen molar-refractivity contribution in [1.29, 1.82) is 0 Å². The van der Waals surface area contributed by atoms with E-state index in [1.807, 2.05) is 30.3 Å². The minimum Gasteiger partial charge on any atom is -0.382 e. The number of nitrogens with two attached hydrogens (primary N) is 3. The van der Waals surface area contributed by atoms with Crippen LogP contribution in [0.15, 0.2) is 35.3 Å². The van der Waals surface area contributed by atoms with Gasteiger partial charge in [-0.05, 0) is 5.56 Å². The number of hydrogen-bond acceptors (Lipinski definition) is 6. The first-order valence-electron chi connectivity index (χ1n) is 6.92. The van der Waals surface area contributed by atoms with Crippen molar-refractivity contribution in [2.45, 2.75) is 6.54 Å². The molecule has 0 bridgehead atoms. The number of aliphatic imine (C=N–C) groups is 1. The summed E-state index contributed by atoms with van der Waals surface area (Å²) in [5, 5.41) is 4.50. The van der Waals surface area contributed by atoms with Crippen molar-refractivity contribution in [3.05, 3.63) is 46.7 Å². The van der Waals surface area contributed by atoms with Gasteiger partial charge in [-0.15, -0.1) is 0 Å². The summed E-state index contributed by atoms with van der Waals surface area (Å²) in [6.07, 6.45) is 0. The van der Waals surface area contributed by atoms with Crippen LogP contribution in [0, 0.1) is 0 Å². The van der Waals surface area contributed by atoms with E-state index < -0.39 is 17.9 Å². The fourth-order valence-corrected chi connectivity index (χ4v) is 1.86. The number of rotatable bonds is 3. The van der Waals surface area contributed by atoms with Gasteiger partial charge in [0, 0.05) is 6.54 Å². The van der Waals surface area contributed by atoms with E-state index in [0.29, 0.717) is 0 Å². The van der Waals surface area contributed by atoms with Crippen LogP contribution in [0.1, 0.15) is 16.1 Å². The minimum atomic E-state index is -0.830. The summed E-state index contributed by atoms with van der Waals surface area (Å²) < 4.78 is 0. The number of carbonyl (C=O) groups excluding carboxylic acids is 2. The lowest BCUT2D eigenvalue weighted by atomic mass is 10.2.